The number of rotatable bonds is 4. The summed E-state index contributed by atoms with van der Waals surface area (Å²) in [6.45, 7) is 8.15. The lowest BCUT2D eigenvalue weighted by Crippen LogP contribution is -2.40. The molecule has 0 aliphatic carbocycles. The highest BCUT2D eigenvalue weighted by molar-refractivity contribution is 5.77. The smallest absolute Gasteiger partial charge is 0.355 e. The first-order valence-corrected chi connectivity index (χ1v) is 7.94. The molecular formula is C18H27N3O2. The van der Waals surface area contributed by atoms with E-state index in [9.17, 15) is 5.11 Å². The van der Waals surface area contributed by atoms with Crippen molar-refractivity contribution in [3.05, 3.63) is 48.0 Å². The van der Waals surface area contributed by atoms with Crippen LogP contribution in [0.25, 0.3) is 0 Å². The average Bonchev–Trinajstić information content (AvgIpc) is 2.76. The van der Waals surface area contributed by atoms with Gasteiger partial charge in [0, 0.05) is 5.60 Å². The third-order valence-corrected chi connectivity index (χ3v) is 3.57. The monoisotopic (exact) mass is 317 g/mol. The van der Waals surface area contributed by atoms with Crippen molar-refractivity contribution in [3.63, 3.8) is 0 Å². The number of hydrogen-bond acceptors (Lipinski definition) is 4. The molecule has 5 heteroatoms. The van der Waals surface area contributed by atoms with Gasteiger partial charge in [-0.05, 0) is 5.56 Å². The van der Waals surface area contributed by atoms with Crippen LogP contribution < -0.4 is 5.11 Å². The maximum absolute atomic E-state index is 12.3. The Morgan fingerprint density at radius 1 is 1.35 bits per heavy atom. The molecule has 1 aliphatic rings. The second kappa shape index (κ2) is 6.94. The van der Waals surface area contributed by atoms with E-state index < -0.39 is 5.60 Å². The van der Waals surface area contributed by atoms with Crippen molar-refractivity contribution in [2.24, 2.45) is 0 Å². The Balaban J connectivity index is 2.28. The van der Waals surface area contributed by atoms with Crippen LogP contribution in [0.5, 0.6) is 0 Å². The first-order chi connectivity index (χ1) is 10.8. The van der Waals surface area contributed by atoms with Crippen LogP contribution in [0.2, 0.25) is 0 Å². The van der Waals surface area contributed by atoms with Crippen molar-refractivity contribution in [2.45, 2.75) is 32.9 Å². The molecule has 0 bridgehead atoms. The Morgan fingerprint density at radius 3 is 2.52 bits per heavy atom. The van der Waals surface area contributed by atoms with Gasteiger partial charge < -0.3 is 9.84 Å². The van der Waals surface area contributed by atoms with Gasteiger partial charge in [0.2, 0.25) is 0 Å². The van der Waals surface area contributed by atoms with E-state index in [4.69, 9.17) is 4.74 Å². The van der Waals surface area contributed by atoms with Gasteiger partial charge in [0.15, 0.2) is 0 Å². The average molecular weight is 317 g/mol. The summed E-state index contributed by atoms with van der Waals surface area (Å²) in [4.78, 5) is 4.13. The van der Waals surface area contributed by atoms with E-state index in [-0.39, 0.29) is 5.95 Å². The maximum atomic E-state index is 12.3. The minimum atomic E-state index is -0.496. The van der Waals surface area contributed by atoms with Gasteiger partial charge in [-0.25, -0.2) is 4.90 Å². The summed E-state index contributed by atoms with van der Waals surface area (Å²) in [5, 5.41) is 12.3. The molecule has 0 saturated heterocycles. The number of likely N-dealkylation sites (N-methyl/N-ethyl adjacent to an activating group) is 2. The fourth-order valence-corrected chi connectivity index (χ4v) is 2.64. The molecule has 0 amide bonds. The molecule has 2 rings (SSSR count). The highest BCUT2D eigenvalue weighted by atomic mass is 16.6. The zero-order chi connectivity index (χ0) is 17.0. The van der Waals surface area contributed by atoms with Crippen molar-refractivity contribution >= 4 is 5.96 Å². The molecule has 0 aromatic heterocycles. The standard InChI is InChI=1S/C18H27N3O2/c1-18(2,3)23-16(22)14-21(13-15-9-7-6-8-10-15)17-19(4)11-12-20(17)5/h6-10,14H,11-13H2,1-5H3/b16-14+. The van der Waals surface area contributed by atoms with Crippen LogP contribution in [0.3, 0.4) is 0 Å². The van der Waals surface area contributed by atoms with Crippen LogP contribution in [0.1, 0.15) is 26.3 Å². The molecule has 1 aliphatic heterocycles. The Hall–Kier alpha value is -2.17. The van der Waals surface area contributed by atoms with Crippen molar-refractivity contribution < 1.29 is 14.4 Å². The van der Waals surface area contributed by atoms with E-state index in [1.54, 1.807) is 6.20 Å². The van der Waals surface area contributed by atoms with Gasteiger partial charge in [-0.3, -0.25) is 9.48 Å². The normalized spacial score (nSPS) is 16.0. The summed E-state index contributed by atoms with van der Waals surface area (Å²) in [5.41, 5.74) is 0.651. The molecule has 0 N–H and O–H groups in total. The largest absolute Gasteiger partial charge is 0.606 e. The molecule has 0 radical (unpaired) electrons. The summed E-state index contributed by atoms with van der Waals surface area (Å²) in [6.07, 6.45) is 1.56. The summed E-state index contributed by atoms with van der Waals surface area (Å²) in [5.74, 6) is 0.689. The van der Waals surface area contributed by atoms with Crippen LogP contribution >= 0.6 is 0 Å². The second-order valence-corrected chi connectivity index (χ2v) is 6.92. The molecule has 0 atom stereocenters. The Morgan fingerprint density at radius 2 is 2.00 bits per heavy atom. The zero-order valence-corrected chi connectivity index (χ0v) is 14.7. The fourth-order valence-electron chi connectivity index (χ4n) is 2.64. The number of nitrogens with zero attached hydrogens (tertiary/aromatic N) is 3. The lowest BCUT2D eigenvalue weighted by Gasteiger charge is -2.31. The summed E-state index contributed by atoms with van der Waals surface area (Å²) < 4.78 is 7.61. The van der Waals surface area contributed by atoms with Crippen molar-refractivity contribution in [1.82, 2.24) is 9.80 Å². The quantitative estimate of drug-likeness (QED) is 0.622. The van der Waals surface area contributed by atoms with E-state index in [1.165, 1.54) is 0 Å². The Labute approximate surface area is 139 Å². The lowest BCUT2D eigenvalue weighted by atomic mass is 10.2. The molecule has 23 heavy (non-hydrogen) atoms. The van der Waals surface area contributed by atoms with Crippen LogP contribution in [-0.4, -0.2) is 53.1 Å². The first kappa shape index (κ1) is 17.2. The minimum absolute atomic E-state index is 0.324. The first-order valence-electron chi connectivity index (χ1n) is 7.94. The molecule has 1 aromatic carbocycles. The highest BCUT2D eigenvalue weighted by Gasteiger charge is 2.30. The van der Waals surface area contributed by atoms with E-state index in [0.717, 1.165) is 24.6 Å². The van der Waals surface area contributed by atoms with E-state index in [2.05, 4.69) is 21.6 Å². The summed E-state index contributed by atoms with van der Waals surface area (Å²) in [7, 11) is 4.08. The Bertz CT molecular complexity index is 588. The van der Waals surface area contributed by atoms with Gasteiger partial charge in [0.1, 0.15) is 0 Å². The minimum Gasteiger partial charge on any atom is -0.606 e. The molecule has 0 saturated carbocycles. The molecule has 5 nitrogen and oxygen atoms in total. The van der Waals surface area contributed by atoms with Gasteiger partial charge in [0.05, 0.1) is 45.9 Å². The highest BCUT2D eigenvalue weighted by Crippen LogP contribution is 2.14. The van der Waals surface area contributed by atoms with Gasteiger partial charge >= 0.3 is 5.96 Å². The van der Waals surface area contributed by atoms with Gasteiger partial charge in [-0.15, -0.1) is 0 Å². The van der Waals surface area contributed by atoms with Gasteiger partial charge in [-0.1, -0.05) is 51.1 Å². The molecule has 1 aromatic rings. The molecule has 0 unspecified atom stereocenters. The van der Waals surface area contributed by atoms with Crippen LogP contribution in [0.15, 0.2) is 42.5 Å². The van der Waals surface area contributed by atoms with Crippen molar-refractivity contribution in [1.29, 1.82) is 0 Å². The van der Waals surface area contributed by atoms with Crippen molar-refractivity contribution in [3.8, 4) is 0 Å². The Kier molecular flexibility index (Phi) is 5.19. The fraction of sp³-hybridized carbons (Fsp3) is 0.500. The molecule has 1 heterocycles. The van der Waals surface area contributed by atoms with E-state index in [1.807, 2.05) is 58.0 Å². The van der Waals surface area contributed by atoms with E-state index in [0.29, 0.717) is 6.54 Å². The van der Waals surface area contributed by atoms with Crippen molar-refractivity contribution in [2.75, 3.05) is 27.2 Å². The molecule has 126 valence electrons. The molecule has 0 spiro atoms. The van der Waals surface area contributed by atoms with Crippen LogP contribution in [0.4, 0.5) is 0 Å². The predicted octanol–water partition coefficient (Wildman–Crippen LogP) is 1.41. The number of guanidine groups is 1. The SMILES string of the molecule is CN1CC[N+](C)=C1N(/C=C(\[O-])OC(C)(C)C)Cc1ccccc1. The zero-order valence-electron chi connectivity index (χ0n) is 14.7. The maximum Gasteiger partial charge on any atom is 0.355 e. The third-order valence-electron chi connectivity index (χ3n) is 3.57. The van der Waals surface area contributed by atoms with E-state index >= 15 is 0 Å². The van der Waals surface area contributed by atoms with Gasteiger partial charge in [-0.2, -0.15) is 0 Å². The topological polar surface area (TPSA) is 41.8 Å². The predicted molar refractivity (Wildman–Crippen MR) is 89.6 cm³/mol. The lowest BCUT2D eigenvalue weighted by molar-refractivity contribution is -0.491. The summed E-state index contributed by atoms with van der Waals surface area (Å²) >= 11 is 0. The number of hydrogen-bond donors (Lipinski definition) is 0. The summed E-state index contributed by atoms with van der Waals surface area (Å²) in [6, 6.07) is 10.1. The molecular weight excluding hydrogens is 290 g/mol. The molecule has 0 fully saturated rings. The second-order valence-electron chi connectivity index (χ2n) is 6.92. The number of ether oxygens (including phenoxy) is 1. The number of benzene rings is 1. The third kappa shape index (κ3) is 4.91. The van der Waals surface area contributed by atoms with Gasteiger partial charge in [0.25, 0.3) is 0 Å². The van der Waals surface area contributed by atoms with Crippen LogP contribution in [0, 0.1) is 0 Å². The van der Waals surface area contributed by atoms with Crippen LogP contribution in [-0.2, 0) is 11.3 Å².